The van der Waals surface area contributed by atoms with Gasteiger partial charge in [-0.05, 0) is 18.8 Å². The summed E-state index contributed by atoms with van der Waals surface area (Å²) < 4.78 is 10.3. The average Bonchev–Trinajstić information content (AvgIpc) is 2.66. The van der Waals surface area contributed by atoms with Gasteiger partial charge in [-0.25, -0.2) is 0 Å². The summed E-state index contributed by atoms with van der Waals surface area (Å²) in [6, 6.07) is 0. The van der Waals surface area contributed by atoms with Crippen molar-refractivity contribution in [1.82, 2.24) is 0 Å². The fraction of sp³-hybridized carbons (Fsp3) is 0.917. The molecule has 0 aromatic heterocycles. The van der Waals surface area contributed by atoms with Crippen LogP contribution < -0.4 is 0 Å². The third kappa shape index (κ3) is 21.2. The van der Waals surface area contributed by atoms with Crippen LogP contribution >= 0.6 is 0 Å². The minimum atomic E-state index is -0.307. The average molecular weight is 399 g/mol. The number of rotatable bonds is 20. The predicted molar refractivity (Wildman–Crippen MR) is 116 cm³/mol. The Morgan fingerprint density at radius 2 is 1.00 bits per heavy atom. The summed E-state index contributed by atoms with van der Waals surface area (Å²) in [5.74, 6) is -0.0867. The first-order valence-electron chi connectivity index (χ1n) is 11.9. The van der Waals surface area contributed by atoms with Gasteiger partial charge in [0.05, 0.1) is 26.1 Å². The first-order chi connectivity index (χ1) is 13.6. The van der Waals surface area contributed by atoms with Gasteiger partial charge < -0.3 is 9.47 Å². The molecule has 0 aliphatic carbocycles. The summed E-state index contributed by atoms with van der Waals surface area (Å²) in [7, 11) is 0. The number of hydrogen-bond acceptors (Lipinski definition) is 4. The molecule has 0 aliphatic heterocycles. The lowest BCUT2D eigenvalue weighted by molar-refractivity contribution is -0.150. The van der Waals surface area contributed by atoms with Gasteiger partial charge in [0.2, 0.25) is 0 Å². The van der Waals surface area contributed by atoms with E-state index in [9.17, 15) is 9.59 Å². The van der Waals surface area contributed by atoms with E-state index in [1.54, 1.807) is 0 Å². The molecule has 0 aromatic rings. The Morgan fingerprint density at radius 3 is 1.43 bits per heavy atom. The summed E-state index contributed by atoms with van der Waals surface area (Å²) in [4.78, 5) is 23.1. The van der Waals surface area contributed by atoms with Crippen LogP contribution in [0.4, 0.5) is 0 Å². The second-order valence-corrected chi connectivity index (χ2v) is 8.37. The molecule has 0 aromatic carbocycles. The highest BCUT2D eigenvalue weighted by Crippen LogP contribution is 2.12. The number of hydrogen-bond donors (Lipinski definition) is 0. The Hall–Kier alpha value is -1.06. The van der Waals surface area contributed by atoms with E-state index in [0.717, 1.165) is 19.3 Å². The van der Waals surface area contributed by atoms with Crippen LogP contribution in [-0.2, 0) is 19.1 Å². The van der Waals surface area contributed by atoms with Crippen molar-refractivity contribution < 1.29 is 19.1 Å². The van der Waals surface area contributed by atoms with Crippen LogP contribution in [0.2, 0.25) is 0 Å². The standard InChI is InChI=1S/C24H46O4/c1-4-5-6-7-8-9-10-11-12-13-14-15-16-20-27-23(25)17-18-24(26)28-21-19-22(2)3/h22H,4-21H2,1-3H3. The third-order valence-electron chi connectivity index (χ3n) is 5.00. The molecule has 0 aliphatic rings. The van der Waals surface area contributed by atoms with Crippen molar-refractivity contribution in [2.24, 2.45) is 5.92 Å². The Morgan fingerprint density at radius 1 is 0.607 bits per heavy atom. The summed E-state index contributed by atoms with van der Waals surface area (Å²) in [5.41, 5.74) is 0. The van der Waals surface area contributed by atoms with Crippen molar-refractivity contribution in [1.29, 1.82) is 0 Å². The first-order valence-corrected chi connectivity index (χ1v) is 11.9. The lowest BCUT2D eigenvalue weighted by atomic mass is 10.0. The molecule has 0 saturated carbocycles. The maximum Gasteiger partial charge on any atom is 0.306 e. The van der Waals surface area contributed by atoms with Crippen molar-refractivity contribution in [2.45, 2.75) is 124 Å². The molecule has 166 valence electrons. The summed E-state index contributed by atoms with van der Waals surface area (Å²) in [6.07, 6.45) is 18.0. The van der Waals surface area contributed by atoms with E-state index < -0.39 is 0 Å². The molecular weight excluding hydrogens is 352 g/mol. The zero-order chi connectivity index (χ0) is 20.9. The van der Waals surface area contributed by atoms with E-state index in [4.69, 9.17) is 9.47 Å². The second-order valence-electron chi connectivity index (χ2n) is 8.37. The molecule has 0 atom stereocenters. The van der Waals surface area contributed by atoms with Gasteiger partial charge in [-0.3, -0.25) is 9.59 Å². The molecule has 0 N–H and O–H groups in total. The van der Waals surface area contributed by atoms with Crippen molar-refractivity contribution in [2.75, 3.05) is 13.2 Å². The third-order valence-corrected chi connectivity index (χ3v) is 5.00. The normalized spacial score (nSPS) is 11.0. The Labute approximate surface area is 174 Å². The predicted octanol–water partition coefficient (Wildman–Crippen LogP) is 6.99. The molecule has 0 radical (unpaired) electrons. The molecule has 0 amide bonds. The van der Waals surface area contributed by atoms with Gasteiger partial charge >= 0.3 is 11.9 Å². The van der Waals surface area contributed by atoms with Gasteiger partial charge in [0.15, 0.2) is 0 Å². The van der Waals surface area contributed by atoms with E-state index in [1.807, 2.05) is 0 Å². The number of esters is 2. The smallest absolute Gasteiger partial charge is 0.306 e. The molecule has 0 saturated heterocycles. The zero-order valence-corrected chi connectivity index (χ0v) is 18.9. The topological polar surface area (TPSA) is 52.6 Å². The van der Waals surface area contributed by atoms with Crippen LogP contribution in [0.5, 0.6) is 0 Å². The fourth-order valence-electron chi connectivity index (χ4n) is 3.06. The summed E-state index contributed by atoms with van der Waals surface area (Å²) in [6.45, 7) is 7.34. The number of ether oxygens (including phenoxy) is 2. The fourth-order valence-corrected chi connectivity index (χ4v) is 3.06. The summed E-state index contributed by atoms with van der Waals surface area (Å²) in [5, 5.41) is 0. The van der Waals surface area contributed by atoms with E-state index in [1.165, 1.54) is 70.6 Å². The molecule has 0 unspecified atom stereocenters. The van der Waals surface area contributed by atoms with Gasteiger partial charge in [-0.15, -0.1) is 0 Å². The first kappa shape index (κ1) is 26.9. The Kier molecular flexibility index (Phi) is 19.9. The van der Waals surface area contributed by atoms with Gasteiger partial charge in [0.25, 0.3) is 0 Å². The van der Waals surface area contributed by atoms with Crippen molar-refractivity contribution >= 4 is 11.9 Å². The van der Waals surface area contributed by atoms with E-state index in [-0.39, 0.29) is 24.8 Å². The maximum absolute atomic E-state index is 11.6. The second kappa shape index (κ2) is 20.7. The van der Waals surface area contributed by atoms with E-state index >= 15 is 0 Å². The quantitative estimate of drug-likeness (QED) is 0.164. The van der Waals surface area contributed by atoms with Crippen LogP contribution in [0.25, 0.3) is 0 Å². The van der Waals surface area contributed by atoms with E-state index in [0.29, 0.717) is 19.1 Å². The molecule has 0 bridgehead atoms. The van der Waals surface area contributed by atoms with Gasteiger partial charge in [0.1, 0.15) is 0 Å². The molecule has 0 rings (SSSR count). The maximum atomic E-state index is 11.6. The van der Waals surface area contributed by atoms with E-state index in [2.05, 4.69) is 20.8 Å². The number of carbonyl (C=O) groups is 2. The number of unbranched alkanes of at least 4 members (excludes halogenated alkanes) is 12. The van der Waals surface area contributed by atoms with Gasteiger partial charge in [-0.2, -0.15) is 0 Å². The largest absolute Gasteiger partial charge is 0.466 e. The minimum absolute atomic E-state index is 0.121. The SMILES string of the molecule is CCCCCCCCCCCCCCCOC(=O)CCC(=O)OCCC(C)C. The molecule has 4 nitrogen and oxygen atoms in total. The highest BCUT2D eigenvalue weighted by atomic mass is 16.5. The van der Waals surface area contributed by atoms with Crippen LogP contribution in [0.3, 0.4) is 0 Å². The molecule has 28 heavy (non-hydrogen) atoms. The van der Waals surface area contributed by atoms with Crippen molar-refractivity contribution in [3.8, 4) is 0 Å². The van der Waals surface area contributed by atoms with Crippen molar-refractivity contribution in [3.05, 3.63) is 0 Å². The highest BCUT2D eigenvalue weighted by Gasteiger charge is 2.09. The Balaban J connectivity index is 3.27. The minimum Gasteiger partial charge on any atom is -0.466 e. The molecule has 0 spiro atoms. The molecule has 4 heteroatoms. The molecule has 0 heterocycles. The lowest BCUT2D eigenvalue weighted by Gasteiger charge is -2.07. The van der Waals surface area contributed by atoms with Gasteiger partial charge in [0, 0.05) is 0 Å². The van der Waals surface area contributed by atoms with Crippen LogP contribution in [0.1, 0.15) is 124 Å². The highest BCUT2D eigenvalue weighted by molar-refractivity contribution is 5.77. The van der Waals surface area contributed by atoms with Gasteiger partial charge in [-0.1, -0.05) is 97.8 Å². The van der Waals surface area contributed by atoms with Crippen molar-refractivity contribution in [3.63, 3.8) is 0 Å². The number of carbonyl (C=O) groups excluding carboxylic acids is 2. The van der Waals surface area contributed by atoms with Crippen LogP contribution in [0.15, 0.2) is 0 Å². The van der Waals surface area contributed by atoms with Crippen LogP contribution in [-0.4, -0.2) is 25.2 Å². The zero-order valence-electron chi connectivity index (χ0n) is 18.9. The molecule has 0 fully saturated rings. The Bertz CT molecular complexity index is 366. The monoisotopic (exact) mass is 398 g/mol. The molecular formula is C24H46O4. The van der Waals surface area contributed by atoms with Crippen LogP contribution in [0, 0.1) is 5.92 Å². The lowest BCUT2D eigenvalue weighted by Crippen LogP contribution is -2.12. The summed E-state index contributed by atoms with van der Waals surface area (Å²) >= 11 is 0.